The topological polar surface area (TPSA) is 66.6 Å². The Morgan fingerprint density at radius 3 is 2.19 bits per heavy atom. The van der Waals surface area contributed by atoms with E-state index >= 15 is 0 Å². The average molecular weight is 249 g/mol. The lowest BCUT2D eigenvalue weighted by molar-refractivity contribution is 0.192. The van der Waals surface area contributed by atoms with Gasteiger partial charge in [-0.3, -0.25) is 4.90 Å². The summed E-state index contributed by atoms with van der Waals surface area (Å²) in [5.74, 6) is 0.441. The highest BCUT2D eigenvalue weighted by Crippen LogP contribution is 2.10. The molecule has 2 N–H and O–H groups in total. The van der Waals surface area contributed by atoms with Crippen molar-refractivity contribution in [1.82, 2.24) is 9.21 Å². The van der Waals surface area contributed by atoms with Gasteiger partial charge in [-0.1, -0.05) is 13.8 Å². The molecule has 0 aromatic rings. The Bertz CT molecular complexity index is 295. The third kappa shape index (κ3) is 4.01. The van der Waals surface area contributed by atoms with Crippen LogP contribution in [0.3, 0.4) is 0 Å². The standard InChI is InChI=1S/C10H23N3O2S/c1-10(2)9-16(14,15)13-7-5-12(4-3-11)6-8-13/h10H,3-9,11H2,1-2H3. The van der Waals surface area contributed by atoms with Gasteiger partial charge in [0.05, 0.1) is 5.75 Å². The number of sulfonamides is 1. The van der Waals surface area contributed by atoms with Gasteiger partial charge in [0.2, 0.25) is 10.0 Å². The number of hydrogen-bond donors (Lipinski definition) is 1. The molecule has 1 aliphatic rings. The van der Waals surface area contributed by atoms with E-state index in [2.05, 4.69) is 4.90 Å². The molecule has 6 heteroatoms. The molecule has 96 valence electrons. The van der Waals surface area contributed by atoms with Crippen molar-refractivity contribution in [2.75, 3.05) is 45.0 Å². The zero-order valence-corrected chi connectivity index (χ0v) is 11.0. The number of nitrogens with zero attached hydrogens (tertiary/aromatic N) is 2. The van der Waals surface area contributed by atoms with E-state index in [9.17, 15) is 8.42 Å². The van der Waals surface area contributed by atoms with Gasteiger partial charge in [0.25, 0.3) is 0 Å². The fourth-order valence-corrected chi connectivity index (χ4v) is 3.71. The molecule has 1 fully saturated rings. The van der Waals surface area contributed by atoms with Gasteiger partial charge >= 0.3 is 0 Å². The van der Waals surface area contributed by atoms with E-state index in [1.165, 1.54) is 0 Å². The molecule has 1 heterocycles. The van der Waals surface area contributed by atoms with Gasteiger partial charge in [0.15, 0.2) is 0 Å². The van der Waals surface area contributed by atoms with Crippen LogP contribution in [0.5, 0.6) is 0 Å². The van der Waals surface area contributed by atoms with Crippen molar-refractivity contribution in [3.05, 3.63) is 0 Å². The molecular weight excluding hydrogens is 226 g/mol. The first-order chi connectivity index (χ1) is 7.45. The monoisotopic (exact) mass is 249 g/mol. The summed E-state index contributed by atoms with van der Waals surface area (Å²) in [6.45, 7) is 8.18. The highest BCUT2D eigenvalue weighted by molar-refractivity contribution is 7.89. The minimum absolute atomic E-state index is 0.187. The Labute approximate surface area is 98.6 Å². The maximum absolute atomic E-state index is 11.9. The van der Waals surface area contributed by atoms with Crippen LogP contribution in [0.25, 0.3) is 0 Å². The molecule has 0 spiro atoms. The zero-order valence-electron chi connectivity index (χ0n) is 10.2. The second kappa shape index (κ2) is 5.95. The van der Waals surface area contributed by atoms with Gasteiger partial charge in [-0.25, -0.2) is 8.42 Å². The van der Waals surface area contributed by atoms with E-state index in [1.807, 2.05) is 13.8 Å². The molecule has 0 aromatic heterocycles. The summed E-state index contributed by atoms with van der Waals surface area (Å²) < 4.78 is 25.5. The fourth-order valence-electron chi connectivity index (χ4n) is 1.94. The third-order valence-electron chi connectivity index (χ3n) is 2.71. The molecule has 1 rings (SSSR count). The van der Waals surface area contributed by atoms with E-state index in [0.29, 0.717) is 19.6 Å². The summed E-state index contributed by atoms with van der Waals surface area (Å²) in [6, 6.07) is 0. The van der Waals surface area contributed by atoms with Crippen molar-refractivity contribution in [2.24, 2.45) is 11.7 Å². The maximum Gasteiger partial charge on any atom is 0.214 e. The third-order valence-corrected chi connectivity index (χ3v) is 4.95. The highest BCUT2D eigenvalue weighted by Gasteiger charge is 2.26. The van der Waals surface area contributed by atoms with Crippen molar-refractivity contribution in [3.63, 3.8) is 0 Å². The summed E-state index contributed by atoms with van der Waals surface area (Å²) >= 11 is 0. The van der Waals surface area contributed by atoms with Crippen LogP contribution in [0.15, 0.2) is 0 Å². The van der Waals surface area contributed by atoms with Crippen LogP contribution in [0.1, 0.15) is 13.8 Å². The first-order valence-electron chi connectivity index (χ1n) is 5.86. The summed E-state index contributed by atoms with van der Waals surface area (Å²) in [5, 5.41) is 0. The van der Waals surface area contributed by atoms with Crippen LogP contribution in [0.2, 0.25) is 0 Å². The van der Waals surface area contributed by atoms with Gasteiger partial charge < -0.3 is 5.73 Å². The lowest BCUT2D eigenvalue weighted by atomic mass is 10.3. The molecule has 16 heavy (non-hydrogen) atoms. The molecule has 0 saturated carbocycles. The molecule has 0 bridgehead atoms. The van der Waals surface area contributed by atoms with Crippen LogP contribution < -0.4 is 5.73 Å². The van der Waals surface area contributed by atoms with Crippen LogP contribution in [0.4, 0.5) is 0 Å². The van der Waals surface area contributed by atoms with Crippen LogP contribution in [-0.2, 0) is 10.0 Å². The first kappa shape index (κ1) is 13.9. The van der Waals surface area contributed by atoms with Crippen molar-refractivity contribution in [2.45, 2.75) is 13.8 Å². The van der Waals surface area contributed by atoms with Crippen molar-refractivity contribution >= 4 is 10.0 Å². The summed E-state index contributed by atoms with van der Waals surface area (Å²) in [5.41, 5.74) is 5.47. The SMILES string of the molecule is CC(C)CS(=O)(=O)N1CCN(CCN)CC1. The Morgan fingerprint density at radius 2 is 1.75 bits per heavy atom. The molecule has 0 aliphatic carbocycles. The Hall–Kier alpha value is -0.170. The fraction of sp³-hybridized carbons (Fsp3) is 1.00. The van der Waals surface area contributed by atoms with Crippen molar-refractivity contribution in [3.8, 4) is 0 Å². The molecule has 1 saturated heterocycles. The summed E-state index contributed by atoms with van der Waals surface area (Å²) in [7, 11) is -3.05. The number of hydrogen-bond acceptors (Lipinski definition) is 4. The van der Waals surface area contributed by atoms with Gasteiger partial charge in [0, 0.05) is 39.3 Å². The number of piperazine rings is 1. The number of nitrogens with two attached hydrogens (primary N) is 1. The van der Waals surface area contributed by atoms with E-state index in [0.717, 1.165) is 19.6 Å². The van der Waals surface area contributed by atoms with Crippen LogP contribution in [-0.4, -0.2) is 62.6 Å². The van der Waals surface area contributed by atoms with Gasteiger partial charge in [-0.05, 0) is 5.92 Å². The lowest BCUT2D eigenvalue weighted by Crippen LogP contribution is -2.50. The van der Waals surface area contributed by atoms with Gasteiger partial charge in [-0.2, -0.15) is 4.31 Å². The van der Waals surface area contributed by atoms with Crippen LogP contribution >= 0.6 is 0 Å². The summed E-state index contributed by atoms with van der Waals surface area (Å²) in [6.07, 6.45) is 0. The Kier molecular flexibility index (Phi) is 5.17. The molecule has 0 unspecified atom stereocenters. The Morgan fingerprint density at radius 1 is 1.19 bits per heavy atom. The quantitative estimate of drug-likeness (QED) is 0.716. The van der Waals surface area contributed by atoms with E-state index < -0.39 is 10.0 Å². The second-order valence-electron chi connectivity index (χ2n) is 4.70. The maximum atomic E-state index is 11.9. The molecule has 5 nitrogen and oxygen atoms in total. The minimum Gasteiger partial charge on any atom is -0.329 e. The highest BCUT2D eigenvalue weighted by atomic mass is 32.2. The predicted octanol–water partition coefficient (Wildman–Crippen LogP) is -0.451. The molecule has 0 atom stereocenters. The smallest absolute Gasteiger partial charge is 0.214 e. The van der Waals surface area contributed by atoms with Gasteiger partial charge in [0.1, 0.15) is 0 Å². The molecule has 0 radical (unpaired) electrons. The minimum atomic E-state index is -3.05. The largest absolute Gasteiger partial charge is 0.329 e. The molecule has 0 amide bonds. The van der Waals surface area contributed by atoms with Gasteiger partial charge in [-0.15, -0.1) is 0 Å². The van der Waals surface area contributed by atoms with E-state index in [-0.39, 0.29) is 11.7 Å². The van der Waals surface area contributed by atoms with Crippen molar-refractivity contribution in [1.29, 1.82) is 0 Å². The molecule has 0 aromatic carbocycles. The van der Waals surface area contributed by atoms with Crippen LogP contribution in [0, 0.1) is 5.92 Å². The predicted molar refractivity (Wildman–Crippen MR) is 65.7 cm³/mol. The summed E-state index contributed by atoms with van der Waals surface area (Å²) in [4.78, 5) is 2.21. The van der Waals surface area contributed by atoms with E-state index in [1.54, 1.807) is 4.31 Å². The Balaban J connectivity index is 2.47. The second-order valence-corrected chi connectivity index (χ2v) is 6.72. The van der Waals surface area contributed by atoms with Crippen molar-refractivity contribution < 1.29 is 8.42 Å². The molecule has 1 aliphatic heterocycles. The lowest BCUT2D eigenvalue weighted by Gasteiger charge is -2.34. The molecular formula is C10H23N3O2S. The van der Waals surface area contributed by atoms with E-state index in [4.69, 9.17) is 5.73 Å². The zero-order chi connectivity index (χ0) is 12.2. The first-order valence-corrected chi connectivity index (χ1v) is 7.47. The average Bonchev–Trinajstić information content (AvgIpc) is 2.17. The normalized spacial score (nSPS) is 20.5. The number of rotatable bonds is 5.